The third kappa shape index (κ3) is 0.888. The van der Waals surface area contributed by atoms with Crippen molar-refractivity contribution in [2.75, 3.05) is 0 Å². The molecule has 2 unspecified atom stereocenters. The van der Waals surface area contributed by atoms with Gasteiger partial charge in [0.05, 0.1) is 0 Å². The Kier molecular flexibility index (Phi) is 1.52. The van der Waals surface area contributed by atoms with Gasteiger partial charge in [0.15, 0.2) is 0 Å². The monoisotopic (exact) mass is 166 g/mol. The van der Waals surface area contributed by atoms with Crippen LogP contribution in [0.2, 0.25) is 0 Å². The van der Waals surface area contributed by atoms with Crippen LogP contribution in [-0.4, -0.2) is 0 Å². The second kappa shape index (κ2) is 2.38. The van der Waals surface area contributed by atoms with Gasteiger partial charge in [0.2, 0.25) is 0 Å². The molecule has 0 aliphatic heterocycles. The first-order chi connectivity index (χ1) is 4.88. The largest absolute Gasteiger partial charge is 0.131 e. The highest BCUT2D eigenvalue weighted by molar-refractivity contribution is 7.40. The molecule has 10 heavy (non-hydrogen) atoms. The molecule has 50 valence electrons. The Morgan fingerprint density at radius 1 is 1.20 bits per heavy atom. The zero-order valence-electron chi connectivity index (χ0n) is 5.46. The van der Waals surface area contributed by atoms with Gasteiger partial charge in [-0.1, -0.05) is 24.3 Å². The Balaban J connectivity index is 2.93. The minimum atomic E-state index is 0.877. The predicted octanol–water partition coefficient (Wildman–Crippen LogP) is 2.37. The van der Waals surface area contributed by atoms with Crippen LogP contribution in [0.4, 0.5) is 0 Å². The van der Waals surface area contributed by atoms with Gasteiger partial charge in [-0.3, -0.25) is 0 Å². The molecule has 2 atom stereocenters. The summed E-state index contributed by atoms with van der Waals surface area (Å²) >= 11 is 0. The Morgan fingerprint density at radius 2 is 2.00 bits per heavy atom. The van der Waals surface area contributed by atoms with Crippen molar-refractivity contribution in [2.24, 2.45) is 0 Å². The van der Waals surface area contributed by atoms with E-state index in [1.807, 2.05) is 0 Å². The summed E-state index contributed by atoms with van der Waals surface area (Å²) in [5.74, 6) is 2.27. The van der Waals surface area contributed by atoms with Crippen molar-refractivity contribution in [3.05, 3.63) is 30.1 Å². The fourth-order valence-electron chi connectivity index (χ4n) is 1.09. The highest BCUT2D eigenvalue weighted by atomic mass is 31.0. The van der Waals surface area contributed by atoms with E-state index in [4.69, 9.17) is 0 Å². The lowest BCUT2D eigenvalue weighted by Gasteiger charge is -1.87. The Labute approximate surface area is 63.9 Å². The number of benzene rings is 1. The molecule has 2 heteroatoms. The van der Waals surface area contributed by atoms with Gasteiger partial charge in [-0.15, -0.1) is 17.4 Å². The molecule has 2 aromatic rings. The van der Waals surface area contributed by atoms with Crippen LogP contribution >= 0.6 is 17.4 Å². The van der Waals surface area contributed by atoms with E-state index in [-0.39, 0.29) is 0 Å². The van der Waals surface area contributed by atoms with Gasteiger partial charge in [0, 0.05) is 0 Å². The molecule has 0 aliphatic carbocycles. The molecule has 0 saturated heterocycles. The summed E-state index contributed by atoms with van der Waals surface area (Å²) in [5, 5.41) is 4.24. The van der Waals surface area contributed by atoms with Gasteiger partial charge in [-0.05, 0) is 21.6 Å². The predicted molar refractivity (Wildman–Crippen MR) is 52.8 cm³/mol. The Morgan fingerprint density at radius 3 is 2.80 bits per heavy atom. The van der Waals surface area contributed by atoms with Gasteiger partial charge in [-0.2, -0.15) is 0 Å². The van der Waals surface area contributed by atoms with E-state index in [9.17, 15) is 0 Å². The summed E-state index contributed by atoms with van der Waals surface area (Å²) in [5.41, 5.74) is 0. The second-order valence-corrected chi connectivity index (χ2v) is 4.03. The molecule has 1 heterocycles. The van der Waals surface area contributed by atoms with Crippen molar-refractivity contribution >= 4 is 33.2 Å². The maximum atomic E-state index is 2.77. The Bertz CT molecular complexity index is 349. The summed E-state index contributed by atoms with van der Waals surface area (Å²) in [6, 6.07) is 8.56. The van der Waals surface area contributed by atoms with E-state index in [1.54, 1.807) is 0 Å². The summed E-state index contributed by atoms with van der Waals surface area (Å²) < 4.78 is 0. The first kappa shape index (κ1) is 6.40. The van der Waals surface area contributed by atoms with Crippen LogP contribution in [0, 0.1) is 0 Å². The van der Waals surface area contributed by atoms with Crippen LogP contribution in [0.25, 0.3) is 10.5 Å². The van der Waals surface area contributed by atoms with Gasteiger partial charge >= 0.3 is 0 Å². The van der Waals surface area contributed by atoms with E-state index >= 15 is 0 Å². The van der Waals surface area contributed by atoms with Crippen molar-refractivity contribution in [1.29, 1.82) is 0 Å². The SMILES string of the molecule is Pc1c[pH]c2ccccc12. The molecule has 0 spiro atoms. The average molecular weight is 166 g/mol. The fraction of sp³-hybridized carbons (Fsp3) is 0. The molecule has 0 radical (unpaired) electrons. The van der Waals surface area contributed by atoms with E-state index in [1.165, 1.54) is 15.8 Å². The van der Waals surface area contributed by atoms with Crippen LogP contribution in [0.5, 0.6) is 0 Å². The normalized spacial score (nSPS) is 11.3. The van der Waals surface area contributed by atoms with Gasteiger partial charge in [0.1, 0.15) is 0 Å². The van der Waals surface area contributed by atoms with Crippen LogP contribution in [0.1, 0.15) is 0 Å². The Hall–Kier alpha value is -0.310. The van der Waals surface area contributed by atoms with Gasteiger partial charge in [0.25, 0.3) is 0 Å². The molecule has 1 aromatic heterocycles. The first-order valence-corrected chi connectivity index (χ1v) is 4.85. The highest BCUT2D eigenvalue weighted by Crippen LogP contribution is 2.23. The van der Waals surface area contributed by atoms with E-state index in [2.05, 4.69) is 39.3 Å². The molecule has 0 N–H and O–H groups in total. The third-order valence-electron chi connectivity index (χ3n) is 1.62. The van der Waals surface area contributed by atoms with Crippen molar-refractivity contribution in [3.63, 3.8) is 0 Å². The molecule has 0 nitrogen and oxygen atoms in total. The quantitative estimate of drug-likeness (QED) is 0.527. The smallest absolute Gasteiger partial charge is 0.00119 e. The zero-order valence-corrected chi connectivity index (χ0v) is 7.62. The molecule has 1 aromatic carbocycles. The lowest BCUT2D eigenvalue weighted by molar-refractivity contribution is 1.87. The van der Waals surface area contributed by atoms with Gasteiger partial charge in [-0.25, -0.2) is 0 Å². The van der Waals surface area contributed by atoms with E-state index in [0.717, 1.165) is 8.19 Å². The topological polar surface area (TPSA) is 0 Å². The van der Waals surface area contributed by atoms with Crippen LogP contribution in [-0.2, 0) is 0 Å². The summed E-state index contributed by atoms with van der Waals surface area (Å²) in [7, 11) is 3.65. The third-order valence-corrected chi connectivity index (χ3v) is 3.63. The maximum Gasteiger partial charge on any atom is -0.00119 e. The minimum absolute atomic E-state index is 0.877. The maximum absolute atomic E-state index is 2.77. The lowest BCUT2D eigenvalue weighted by Crippen LogP contribution is -1.81. The molecule has 0 amide bonds. The van der Waals surface area contributed by atoms with Crippen LogP contribution < -0.4 is 5.30 Å². The highest BCUT2D eigenvalue weighted by Gasteiger charge is 1.94. The standard InChI is InChI=1S/C8H8P2/c9-7-5-10-8-4-2-1-3-6(7)8/h1-5,10H,9H2. The zero-order chi connectivity index (χ0) is 6.97. The molecule has 0 bridgehead atoms. The van der Waals surface area contributed by atoms with E-state index < -0.39 is 0 Å². The van der Waals surface area contributed by atoms with Crippen molar-refractivity contribution < 1.29 is 0 Å². The molecular weight excluding hydrogens is 158 g/mol. The summed E-state index contributed by atoms with van der Waals surface area (Å²) in [6.45, 7) is 0. The molecule has 0 fully saturated rings. The van der Waals surface area contributed by atoms with Crippen molar-refractivity contribution in [2.45, 2.75) is 0 Å². The average Bonchev–Trinajstić information content (AvgIpc) is 2.34. The molecule has 2 rings (SSSR count). The number of hydrogen-bond donors (Lipinski definition) is 0. The van der Waals surface area contributed by atoms with Gasteiger partial charge < -0.3 is 0 Å². The number of rotatable bonds is 0. The number of hydrogen-bond acceptors (Lipinski definition) is 0. The van der Waals surface area contributed by atoms with Crippen molar-refractivity contribution in [3.8, 4) is 0 Å². The van der Waals surface area contributed by atoms with Crippen molar-refractivity contribution in [1.82, 2.24) is 0 Å². The first-order valence-electron chi connectivity index (χ1n) is 3.19. The fourth-order valence-corrected chi connectivity index (χ4v) is 2.78. The molecular formula is C8H8P2. The lowest BCUT2D eigenvalue weighted by atomic mass is 10.3. The van der Waals surface area contributed by atoms with Crippen LogP contribution in [0.3, 0.4) is 0 Å². The minimum Gasteiger partial charge on any atom is -0.131 e. The summed E-state index contributed by atoms with van der Waals surface area (Å²) in [6.07, 6.45) is 0. The molecule has 0 saturated carbocycles. The van der Waals surface area contributed by atoms with Crippen LogP contribution in [0.15, 0.2) is 30.1 Å². The summed E-state index contributed by atoms with van der Waals surface area (Å²) in [4.78, 5) is 0. The molecule has 0 aliphatic rings. The van der Waals surface area contributed by atoms with E-state index in [0.29, 0.717) is 0 Å². The number of fused-ring (bicyclic) bond motifs is 1. The second-order valence-electron chi connectivity index (χ2n) is 2.29.